The Kier molecular flexibility index (Phi) is 3.51. The number of ether oxygens (including phenoxy) is 1. The summed E-state index contributed by atoms with van der Waals surface area (Å²) in [5.41, 5.74) is -0.235. The molecule has 0 heterocycles. The first kappa shape index (κ1) is 11.3. The number of carbonyl (C=O) groups excluding carboxylic acids is 1. The molecule has 5 heteroatoms. The van der Waals surface area contributed by atoms with Crippen LogP contribution in [0.4, 0.5) is 0 Å². The van der Waals surface area contributed by atoms with Crippen LogP contribution >= 0.6 is 0 Å². The van der Waals surface area contributed by atoms with Gasteiger partial charge in [0.25, 0.3) is 0 Å². The van der Waals surface area contributed by atoms with Crippen molar-refractivity contribution in [2.75, 3.05) is 13.2 Å². The number of Topliss-reactive ketones (excluding diaryl/α,β-unsaturated/α-hetero) is 1. The molecule has 0 aliphatic heterocycles. The highest BCUT2D eigenvalue weighted by Crippen LogP contribution is 2.32. The Hall–Kier alpha value is -1.75. The minimum Gasteiger partial charge on any atom is -0.508 e. The first-order valence-electron chi connectivity index (χ1n) is 4.42. The van der Waals surface area contributed by atoms with Crippen molar-refractivity contribution in [3.8, 4) is 17.2 Å². The number of carbonyl (C=O) groups is 1. The van der Waals surface area contributed by atoms with Crippen LogP contribution in [0.2, 0.25) is 0 Å². The Morgan fingerprint density at radius 3 is 2.27 bits per heavy atom. The minimum atomic E-state index is -0.535. The first-order chi connectivity index (χ1) is 7.06. The smallest absolute Gasteiger partial charge is 0.195 e. The van der Waals surface area contributed by atoms with Gasteiger partial charge in [-0.1, -0.05) is 0 Å². The summed E-state index contributed by atoms with van der Waals surface area (Å²) in [6, 6.07) is 1.97. The van der Waals surface area contributed by atoms with Crippen LogP contribution in [0.3, 0.4) is 0 Å². The van der Waals surface area contributed by atoms with Gasteiger partial charge in [-0.15, -0.1) is 0 Å². The van der Waals surface area contributed by atoms with Crippen molar-refractivity contribution in [1.82, 2.24) is 0 Å². The molecule has 1 rings (SSSR count). The summed E-state index contributed by atoms with van der Waals surface area (Å²) in [5.74, 6) is -1.76. The van der Waals surface area contributed by atoms with E-state index in [4.69, 9.17) is 9.84 Å². The molecule has 82 valence electrons. The summed E-state index contributed by atoms with van der Waals surface area (Å²) in [4.78, 5) is 11.4. The summed E-state index contributed by atoms with van der Waals surface area (Å²) in [7, 11) is 0. The number of hydrogen-bond acceptors (Lipinski definition) is 5. The molecule has 0 amide bonds. The second kappa shape index (κ2) is 4.65. The monoisotopic (exact) mass is 212 g/mol. The van der Waals surface area contributed by atoms with Gasteiger partial charge in [-0.3, -0.25) is 4.79 Å². The van der Waals surface area contributed by atoms with Crippen LogP contribution in [-0.4, -0.2) is 34.3 Å². The van der Waals surface area contributed by atoms with E-state index in [2.05, 4.69) is 0 Å². The fourth-order valence-electron chi connectivity index (χ4n) is 1.15. The minimum absolute atomic E-state index is 0.220. The number of phenolic OH excluding ortho intramolecular Hbond substituents is 3. The maximum atomic E-state index is 11.4. The molecule has 0 atom stereocenters. The first-order valence-corrected chi connectivity index (χ1v) is 4.42. The van der Waals surface area contributed by atoms with Gasteiger partial charge in [0.05, 0.1) is 0 Å². The Morgan fingerprint density at radius 1 is 1.27 bits per heavy atom. The van der Waals surface area contributed by atoms with E-state index < -0.39 is 17.3 Å². The van der Waals surface area contributed by atoms with E-state index in [1.807, 2.05) is 0 Å². The zero-order valence-corrected chi connectivity index (χ0v) is 8.23. The summed E-state index contributed by atoms with van der Waals surface area (Å²) in [6.07, 6.45) is 0. The van der Waals surface area contributed by atoms with E-state index in [0.717, 1.165) is 12.1 Å². The summed E-state index contributed by atoms with van der Waals surface area (Å²) >= 11 is 0. The number of hydrogen-bond donors (Lipinski definition) is 3. The average molecular weight is 212 g/mol. The number of aromatic hydroxyl groups is 3. The SMILES string of the molecule is CCOCC(=O)c1c(O)cc(O)cc1O. The topological polar surface area (TPSA) is 87.0 Å². The maximum absolute atomic E-state index is 11.4. The Labute approximate surface area is 86.5 Å². The fourth-order valence-corrected chi connectivity index (χ4v) is 1.15. The van der Waals surface area contributed by atoms with Crippen LogP contribution in [0.5, 0.6) is 17.2 Å². The molecule has 1 aromatic carbocycles. The van der Waals surface area contributed by atoms with E-state index in [0.29, 0.717) is 6.61 Å². The number of phenols is 3. The third kappa shape index (κ3) is 2.60. The van der Waals surface area contributed by atoms with Crippen molar-refractivity contribution in [3.05, 3.63) is 17.7 Å². The van der Waals surface area contributed by atoms with Gasteiger partial charge in [0.15, 0.2) is 5.78 Å². The lowest BCUT2D eigenvalue weighted by Gasteiger charge is -2.06. The van der Waals surface area contributed by atoms with Crippen LogP contribution in [0.25, 0.3) is 0 Å². The number of benzene rings is 1. The van der Waals surface area contributed by atoms with Crippen molar-refractivity contribution in [2.24, 2.45) is 0 Å². The Balaban J connectivity index is 2.98. The number of ketones is 1. The van der Waals surface area contributed by atoms with Gasteiger partial charge in [-0.2, -0.15) is 0 Å². The molecule has 0 fully saturated rings. The molecule has 1 aromatic rings. The Morgan fingerprint density at radius 2 is 1.80 bits per heavy atom. The molecule has 0 unspecified atom stereocenters. The van der Waals surface area contributed by atoms with Crippen molar-refractivity contribution in [3.63, 3.8) is 0 Å². The molecule has 0 spiro atoms. The van der Waals surface area contributed by atoms with Crippen LogP contribution in [0, 0.1) is 0 Å². The highest BCUT2D eigenvalue weighted by Gasteiger charge is 2.17. The highest BCUT2D eigenvalue weighted by atomic mass is 16.5. The van der Waals surface area contributed by atoms with E-state index in [1.165, 1.54) is 0 Å². The molecule has 0 aromatic heterocycles. The lowest BCUT2D eigenvalue weighted by Crippen LogP contribution is -2.09. The molecule has 5 nitrogen and oxygen atoms in total. The molecule has 15 heavy (non-hydrogen) atoms. The predicted molar refractivity (Wildman–Crippen MR) is 52.3 cm³/mol. The normalized spacial score (nSPS) is 10.2. The lowest BCUT2D eigenvalue weighted by atomic mass is 10.1. The molecular weight excluding hydrogens is 200 g/mol. The van der Waals surface area contributed by atoms with Gasteiger partial charge in [-0.25, -0.2) is 0 Å². The zero-order chi connectivity index (χ0) is 11.4. The molecule has 0 saturated heterocycles. The van der Waals surface area contributed by atoms with Crippen LogP contribution in [-0.2, 0) is 4.74 Å². The van der Waals surface area contributed by atoms with Crippen LogP contribution in [0.15, 0.2) is 12.1 Å². The lowest BCUT2D eigenvalue weighted by molar-refractivity contribution is 0.0778. The second-order valence-electron chi connectivity index (χ2n) is 2.92. The molecule has 3 N–H and O–H groups in total. The molecular formula is C10H12O5. The largest absolute Gasteiger partial charge is 0.508 e. The van der Waals surface area contributed by atoms with E-state index >= 15 is 0 Å². The van der Waals surface area contributed by atoms with Gasteiger partial charge in [0, 0.05) is 18.7 Å². The van der Waals surface area contributed by atoms with Gasteiger partial charge < -0.3 is 20.1 Å². The van der Waals surface area contributed by atoms with Crippen LogP contribution in [0.1, 0.15) is 17.3 Å². The molecule has 0 bridgehead atoms. The highest BCUT2D eigenvalue weighted by molar-refractivity contribution is 6.02. The Bertz CT molecular complexity index is 349. The third-order valence-corrected chi connectivity index (χ3v) is 1.80. The van der Waals surface area contributed by atoms with E-state index in [-0.39, 0.29) is 17.9 Å². The average Bonchev–Trinajstić information content (AvgIpc) is 2.12. The maximum Gasteiger partial charge on any atom is 0.195 e. The van der Waals surface area contributed by atoms with Crippen LogP contribution < -0.4 is 0 Å². The quantitative estimate of drug-likeness (QED) is 0.648. The van der Waals surface area contributed by atoms with E-state index in [9.17, 15) is 15.0 Å². The summed E-state index contributed by atoms with van der Waals surface area (Å²) < 4.78 is 4.86. The van der Waals surface area contributed by atoms with Gasteiger partial charge in [0.2, 0.25) is 0 Å². The van der Waals surface area contributed by atoms with Crippen molar-refractivity contribution < 1.29 is 24.9 Å². The zero-order valence-electron chi connectivity index (χ0n) is 8.23. The molecule has 0 aliphatic carbocycles. The molecule has 0 saturated carbocycles. The fraction of sp³-hybridized carbons (Fsp3) is 0.300. The van der Waals surface area contributed by atoms with Crippen molar-refractivity contribution >= 4 is 5.78 Å². The summed E-state index contributed by atoms with van der Waals surface area (Å²) in [5, 5.41) is 27.7. The van der Waals surface area contributed by atoms with Crippen molar-refractivity contribution in [1.29, 1.82) is 0 Å². The predicted octanol–water partition coefficient (Wildman–Crippen LogP) is 1.02. The van der Waals surface area contributed by atoms with E-state index in [1.54, 1.807) is 6.92 Å². The van der Waals surface area contributed by atoms with Gasteiger partial charge >= 0.3 is 0 Å². The third-order valence-electron chi connectivity index (χ3n) is 1.80. The second-order valence-corrected chi connectivity index (χ2v) is 2.92. The molecule has 0 radical (unpaired) electrons. The van der Waals surface area contributed by atoms with Gasteiger partial charge in [0.1, 0.15) is 29.4 Å². The standard InChI is InChI=1S/C10H12O5/c1-2-15-5-9(14)10-7(12)3-6(11)4-8(10)13/h3-4,11-13H,2,5H2,1H3. The number of rotatable bonds is 4. The van der Waals surface area contributed by atoms with Crippen molar-refractivity contribution in [2.45, 2.75) is 6.92 Å². The van der Waals surface area contributed by atoms with Gasteiger partial charge in [-0.05, 0) is 6.92 Å². The summed E-state index contributed by atoms with van der Waals surface area (Å²) in [6.45, 7) is 1.87. The molecule has 0 aliphatic rings.